The van der Waals surface area contributed by atoms with E-state index in [0.29, 0.717) is 51.4 Å². The molecule has 0 radical (unpaired) electrons. The molecule has 1 aliphatic carbocycles. The molecule has 140 valence electrons. The predicted molar refractivity (Wildman–Crippen MR) is 94.0 cm³/mol. The molecule has 2 amide bonds. The minimum Gasteiger partial charge on any atom is -0.378 e. The first-order valence-corrected chi connectivity index (χ1v) is 9.55. The van der Waals surface area contributed by atoms with Crippen molar-refractivity contribution in [3.05, 3.63) is 35.6 Å². The second-order valence-corrected chi connectivity index (χ2v) is 7.53. The number of benzene rings is 1. The van der Waals surface area contributed by atoms with E-state index in [2.05, 4.69) is 0 Å². The number of carbonyl (C=O) groups is 2. The summed E-state index contributed by atoms with van der Waals surface area (Å²) in [5.74, 6) is -0.267. The molecule has 3 atom stereocenters. The van der Waals surface area contributed by atoms with Gasteiger partial charge in [-0.2, -0.15) is 0 Å². The van der Waals surface area contributed by atoms with E-state index in [1.165, 1.54) is 6.07 Å². The Labute approximate surface area is 153 Å². The van der Waals surface area contributed by atoms with Crippen molar-refractivity contribution in [1.29, 1.82) is 0 Å². The molecule has 0 aromatic heterocycles. The van der Waals surface area contributed by atoms with Crippen LogP contribution in [0.2, 0.25) is 0 Å². The number of amides is 2. The average molecular weight is 360 g/mol. The second-order valence-electron chi connectivity index (χ2n) is 7.53. The third-order valence-electron chi connectivity index (χ3n) is 5.82. The Kier molecular flexibility index (Phi) is 4.94. The van der Waals surface area contributed by atoms with Crippen LogP contribution in [0.1, 0.15) is 30.7 Å². The minimum absolute atomic E-state index is 0.0148. The summed E-state index contributed by atoms with van der Waals surface area (Å²) in [6.45, 7) is 3.66. The van der Waals surface area contributed by atoms with Crippen LogP contribution in [-0.2, 0) is 14.3 Å². The lowest BCUT2D eigenvalue weighted by atomic mass is 9.95. The zero-order valence-corrected chi connectivity index (χ0v) is 14.9. The fourth-order valence-electron chi connectivity index (χ4n) is 4.24. The largest absolute Gasteiger partial charge is 0.378 e. The van der Waals surface area contributed by atoms with Crippen LogP contribution < -0.4 is 0 Å². The summed E-state index contributed by atoms with van der Waals surface area (Å²) >= 11 is 0. The maximum absolute atomic E-state index is 13.9. The van der Waals surface area contributed by atoms with Gasteiger partial charge in [0.05, 0.1) is 19.1 Å². The molecule has 3 fully saturated rings. The number of hydrogen-bond donors (Lipinski definition) is 0. The molecular formula is C20H25FN2O3. The predicted octanol–water partition coefficient (Wildman–Crippen LogP) is 2.03. The molecule has 3 aliphatic rings. The first-order chi connectivity index (χ1) is 12.6. The Balaban J connectivity index is 1.37. The van der Waals surface area contributed by atoms with E-state index in [4.69, 9.17) is 4.74 Å². The third-order valence-corrected chi connectivity index (χ3v) is 5.82. The molecule has 2 saturated heterocycles. The summed E-state index contributed by atoms with van der Waals surface area (Å²) in [4.78, 5) is 29.3. The van der Waals surface area contributed by atoms with Gasteiger partial charge in [0.1, 0.15) is 5.82 Å². The highest BCUT2D eigenvalue weighted by atomic mass is 19.1. The Morgan fingerprint density at radius 3 is 2.58 bits per heavy atom. The highest BCUT2D eigenvalue weighted by Gasteiger charge is 2.47. The van der Waals surface area contributed by atoms with Crippen LogP contribution in [0.25, 0.3) is 0 Å². The van der Waals surface area contributed by atoms with Crippen molar-refractivity contribution in [2.45, 2.75) is 25.2 Å². The summed E-state index contributed by atoms with van der Waals surface area (Å²) in [6.07, 6.45) is 2.39. The van der Waals surface area contributed by atoms with Crippen molar-refractivity contribution in [2.24, 2.45) is 11.8 Å². The van der Waals surface area contributed by atoms with E-state index in [0.717, 1.165) is 12.8 Å². The van der Waals surface area contributed by atoms with Crippen molar-refractivity contribution < 1.29 is 18.7 Å². The fraction of sp³-hybridized carbons (Fsp3) is 0.600. The number of piperidine rings is 1. The van der Waals surface area contributed by atoms with E-state index in [1.54, 1.807) is 12.1 Å². The summed E-state index contributed by atoms with van der Waals surface area (Å²) in [6, 6.07) is 6.71. The van der Waals surface area contributed by atoms with Crippen molar-refractivity contribution >= 4 is 11.8 Å². The van der Waals surface area contributed by atoms with Crippen LogP contribution >= 0.6 is 0 Å². The number of carbonyl (C=O) groups excluding carboxylic acids is 2. The highest BCUT2D eigenvalue weighted by Crippen LogP contribution is 2.49. The molecule has 2 aliphatic heterocycles. The van der Waals surface area contributed by atoms with Gasteiger partial charge in [0, 0.05) is 32.1 Å². The van der Waals surface area contributed by atoms with Crippen molar-refractivity contribution in [2.75, 3.05) is 39.4 Å². The molecule has 26 heavy (non-hydrogen) atoms. The molecule has 4 rings (SSSR count). The van der Waals surface area contributed by atoms with Crippen LogP contribution in [0.5, 0.6) is 0 Å². The van der Waals surface area contributed by atoms with Gasteiger partial charge in [0.2, 0.25) is 11.8 Å². The molecule has 6 heteroatoms. The number of rotatable bonds is 3. The number of likely N-dealkylation sites (tertiary alicyclic amines) is 1. The molecule has 3 unspecified atom stereocenters. The Morgan fingerprint density at radius 2 is 1.81 bits per heavy atom. The van der Waals surface area contributed by atoms with Gasteiger partial charge in [-0.25, -0.2) is 4.39 Å². The first kappa shape index (κ1) is 17.5. The highest BCUT2D eigenvalue weighted by molar-refractivity contribution is 5.85. The van der Waals surface area contributed by atoms with Gasteiger partial charge in [0.25, 0.3) is 0 Å². The van der Waals surface area contributed by atoms with Gasteiger partial charge in [-0.1, -0.05) is 18.2 Å². The van der Waals surface area contributed by atoms with E-state index in [-0.39, 0.29) is 35.4 Å². The van der Waals surface area contributed by atoms with E-state index in [1.807, 2.05) is 15.9 Å². The summed E-state index contributed by atoms with van der Waals surface area (Å²) < 4.78 is 19.3. The standard InChI is InChI=1S/C20H25FN2O3/c21-18-6-2-1-5-15(18)16-12-17(16)20(25)23-7-3-4-14(13-23)19(24)22-8-10-26-11-9-22/h1-2,5-6,14,16-17H,3-4,7-13H2. The minimum atomic E-state index is -0.230. The lowest BCUT2D eigenvalue weighted by molar-refractivity contribution is -0.144. The van der Waals surface area contributed by atoms with Crippen LogP contribution in [0.15, 0.2) is 24.3 Å². The number of halogens is 1. The van der Waals surface area contributed by atoms with Gasteiger partial charge >= 0.3 is 0 Å². The van der Waals surface area contributed by atoms with Crippen molar-refractivity contribution in [1.82, 2.24) is 9.80 Å². The zero-order valence-electron chi connectivity index (χ0n) is 14.9. The van der Waals surface area contributed by atoms with E-state index >= 15 is 0 Å². The molecule has 5 nitrogen and oxygen atoms in total. The van der Waals surface area contributed by atoms with Gasteiger partial charge in [-0.3, -0.25) is 9.59 Å². The Morgan fingerprint density at radius 1 is 1.04 bits per heavy atom. The molecule has 0 N–H and O–H groups in total. The summed E-state index contributed by atoms with van der Waals surface area (Å²) in [5.41, 5.74) is 0.642. The molecule has 1 saturated carbocycles. The van der Waals surface area contributed by atoms with E-state index in [9.17, 15) is 14.0 Å². The maximum Gasteiger partial charge on any atom is 0.227 e. The molecular weight excluding hydrogens is 335 g/mol. The molecule has 0 bridgehead atoms. The molecule has 1 aromatic carbocycles. The second kappa shape index (κ2) is 7.35. The third kappa shape index (κ3) is 3.47. The summed E-state index contributed by atoms with van der Waals surface area (Å²) in [5, 5.41) is 0. The lowest BCUT2D eigenvalue weighted by Gasteiger charge is -2.36. The van der Waals surface area contributed by atoms with Gasteiger partial charge in [-0.15, -0.1) is 0 Å². The quantitative estimate of drug-likeness (QED) is 0.829. The number of ether oxygens (including phenoxy) is 1. The van der Waals surface area contributed by atoms with Crippen LogP contribution in [-0.4, -0.2) is 61.0 Å². The average Bonchev–Trinajstić information content (AvgIpc) is 3.48. The monoisotopic (exact) mass is 360 g/mol. The van der Waals surface area contributed by atoms with Gasteiger partial charge < -0.3 is 14.5 Å². The zero-order chi connectivity index (χ0) is 18.1. The molecule has 0 spiro atoms. The smallest absolute Gasteiger partial charge is 0.227 e. The maximum atomic E-state index is 13.9. The van der Waals surface area contributed by atoms with Crippen LogP contribution in [0.3, 0.4) is 0 Å². The van der Waals surface area contributed by atoms with Crippen LogP contribution in [0.4, 0.5) is 4.39 Å². The Hall–Kier alpha value is -1.95. The SMILES string of the molecule is O=C(C1CCCN(C(=O)C2CC2c2ccccc2F)C1)N1CCOCC1. The number of nitrogens with zero attached hydrogens (tertiary/aromatic N) is 2. The van der Waals surface area contributed by atoms with Gasteiger partial charge in [0.15, 0.2) is 0 Å². The first-order valence-electron chi connectivity index (χ1n) is 9.55. The molecule has 1 aromatic rings. The van der Waals surface area contributed by atoms with Crippen LogP contribution in [0, 0.1) is 17.7 Å². The Bertz CT molecular complexity index is 689. The fourth-order valence-corrected chi connectivity index (χ4v) is 4.24. The number of morpholine rings is 1. The van der Waals surface area contributed by atoms with Crippen molar-refractivity contribution in [3.8, 4) is 0 Å². The molecule has 2 heterocycles. The lowest BCUT2D eigenvalue weighted by Crippen LogP contribution is -2.49. The normalized spacial score (nSPS) is 28.7. The van der Waals surface area contributed by atoms with E-state index < -0.39 is 0 Å². The van der Waals surface area contributed by atoms with Crippen molar-refractivity contribution in [3.63, 3.8) is 0 Å². The van der Waals surface area contributed by atoms with Gasteiger partial charge in [-0.05, 0) is 36.8 Å². The topological polar surface area (TPSA) is 49.9 Å². The summed E-state index contributed by atoms with van der Waals surface area (Å²) in [7, 11) is 0. The number of hydrogen-bond acceptors (Lipinski definition) is 3.